The number of aromatic nitrogens is 2. The van der Waals surface area contributed by atoms with Gasteiger partial charge in [0.05, 0.1) is 5.56 Å². The lowest BCUT2D eigenvalue weighted by Crippen LogP contribution is -2.30. The summed E-state index contributed by atoms with van der Waals surface area (Å²) in [6.07, 6.45) is 10.5. The van der Waals surface area contributed by atoms with Crippen LogP contribution in [-0.2, 0) is 15.5 Å². The molecule has 1 aromatic heterocycles. The van der Waals surface area contributed by atoms with Gasteiger partial charge < -0.3 is 14.2 Å². The molecule has 1 atom stereocenters. The quantitative estimate of drug-likeness (QED) is 0.0877. The van der Waals surface area contributed by atoms with Crippen molar-refractivity contribution in [3.05, 3.63) is 60.2 Å². The lowest BCUT2D eigenvalue weighted by molar-refractivity contribution is -0.134. The van der Waals surface area contributed by atoms with E-state index in [-0.39, 0.29) is 29.5 Å². The summed E-state index contributed by atoms with van der Waals surface area (Å²) in [7, 11) is 0. The van der Waals surface area contributed by atoms with E-state index in [1.54, 1.807) is 24.3 Å². The first-order valence-electron chi connectivity index (χ1n) is 15.4. The van der Waals surface area contributed by atoms with E-state index in [9.17, 15) is 4.79 Å². The average Bonchev–Trinajstić information content (AvgIpc) is 3.27. The first-order valence-corrected chi connectivity index (χ1v) is 15.4. The zero-order chi connectivity index (χ0) is 30.7. The number of benzene rings is 2. The number of fused-ring (bicyclic) bond motifs is 1. The van der Waals surface area contributed by atoms with Gasteiger partial charge in [0.2, 0.25) is 0 Å². The highest BCUT2D eigenvalue weighted by Crippen LogP contribution is 2.49. The molecule has 2 heterocycles. The highest BCUT2D eigenvalue weighted by molar-refractivity contribution is 5.73. The van der Waals surface area contributed by atoms with Crippen molar-refractivity contribution in [2.24, 2.45) is 0 Å². The topological polar surface area (TPSA) is 70.5 Å². The summed E-state index contributed by atoms with van der Waals surface area (Å²) in [6.45, 7) is 5.42. The number of hydrogen-bond donors (Lipinski definition) is 0. The molecule has 43 heavy (non-hydrogen) atoms. The van der Waals surface area contributed by atoms with E-state index in [1.807, 2.05) is 0 Å². The second kappa shape index (κ2) is 15.8. The second-order valence-electron chi connectivity index (χ2n) is 10.9. The SMILES string of the molecule is CCCCCCOCCCCC1Oc2ccc(-c3ncc(-c4ccc(OC(=O)CCCCC)cc4)cn3)c(F)c2C1(F)F. The number of nitrogens with zero attached hydrogens (tertiary/aromatic N) is 2. The third kappa shape index (κ3) is 8.56. The molecule has 0 N–H and O–H groups in total. The van der Waals surface area contributed by atoms with E-state index in [0.29, 0.717) is 43.8 Å². The fourth-order valence-corrected chi connectivity index (χ4v) is 5.07. The molecule has 6 nitrogen and oxygen atoms in total. The molecule has 2 aromatic carbocycles. The first-order chi connectivity index (χ1) is 20.8. The number of hydrogen-bond acceptors (Lipinski definition) is 6. The molecular weight excluding hydrogens is 557 g/mol. The molecule has 1 aliphatic rings. The molecule has 0 fully saturated rings. The van der Waals surface area contributed by atoms with E-state index in [1.165, 1.54) is 30.9 Å². The maximum Gasteiger partial charge on any atom is 0.315 e. The minimum atomic E-state index is -3.47. The monoisotopic (exact) mass is 598 g/mol. The highest BCUT2D eigenvalue weighted by atomic mass is 19.3. The van der Waals surface area contributed by atoms with Crippen molar-refractivity contribution in [2.45, 2.75) is 96.5 Å². The van der Waals surface area contributed by atoms with Crippen LogP contribution in [0.4, 0.5) is 13.2 Å². The standard InChI is InChI=1S/C34H41F3N2O4/c1-3-5-7-10-20-41-21-11-9-12-29-34(36,37)31-28(43-29)19-18-27(32(31)35)33-38-22-25(23-39-33)24-14-16-26(17-15-24)42-30(40)13-8-6-4-2/h14-19,22-23,29H,3-13,20-21H2,1-2H3. The zero-order valence-corrected chi connectivity index (χ0v) is 25.0. The smallest absolute Gasteiger partial charge is 0.315 e. The Labute approximate surface area is 252 Å². The van der Waals surface area contributed by atoms with Crippen LogP contribution in [-0.4, -0.2) is 35.3 Å². The van der Waals surface area contributed by atoms with Crippen molar-refractivity contribution in [1.29, 1.82) is 0 Å². The number of halogens is 3. The van der Waals surface area contributed by atoms with Crippen LogP contribution >= 0.6 is 0 Å². The number of rotatable bonds is 17. The lowest BCUT2D eigenvalue weighted by atomic mass is 9.98. The third-order valence-corrected chi connectivity index (χ3v) is 7.55. The predicted molar refractivity (Wildman–Crippen MR) is 160 cm³/mol. The maximum absolute atomic E-state index is 15.5. The Balaban J connectivity index is 1.34. The zero-order valence-electron chi connectivity index (χ0n) is 25.0. The van der Waals surface area contributed by atoms with E-state index < -0.39 is 23.4 Å². The van der Waals surface area contributed by atoms with Gasteiger partial charge in [0, 0.05) is 37.6 Å². The van der Waals surface area contributed by atoms with E-state index >= 15 is 13.2 Å². The van der Waals surface area contributed by atoms with Gasteiger partial charge in [0.1, 0.15) is 22.9 Å². The van der Waals surface area contributed by atoms with Crippen LogP contribution < -0.4 is 9.47 Å². The van der Waals surface area contributed by atoms with Crippen molar-refractivity contribution < 1.29 is 32.2 Å². The fourth-order valence-electron chi connectivity index (χ4n) is 5.07. The van der Waals surface area contributed by atoms with Gasteiger partial charge in [-0.05, 0) is 61.9 Å². The number of carbonyl (C=O) groups is 1. The van der Waals surface area contributed by atoms with Gasteiger partial charge in [-0.15, -0.1) is 0 Å². The summed E-state index contributed by atoms with van der Waals surface area (Å²) >= 11 is 0. The molecule has 0 bridgehead atoms. The molecule has 0 spiro atoms. The van der Waals surface area contributed by atoms with Crippen LogP contribution in [0.2, 0.25) is 0 Å². The van der Waals surface area contributed by atoms with E-state index in [0.717, 1.165) is 44.1 Å². The van der Waals surface area contributed by atoms with Crippen LogP contribution in [0.25, 0.3) is 22.5 Å². The minimum Gasteiger partial charge on any atom is -0.483 e. The molecule has 4 rings (SSSR count). The van der Waals surface area contributed by atoms with Gasteiger partial charge in [0.25, 0.3) is 0 Å². The molecule has 1 unspecified atom stereocenters. The van der Waals surface area contributed by atoms with E-state index in [4.69, 9.17) is 14.2 Å². The highest BCUT2D eigenvalue weighted by Gasteiger charge is 2.53. The van der Waals surface area contributed by atoms with Gasteiger partial charge in [-0.1, -0.05) is 58.1 Å². The first kappa shape index (κ1) is 32.5. The number of ether oxygens (including phenoxy) is 3. The predicted octanol–water partition coefficient (Wildman–Crippen LogP) is 9.06. The summed E-state index contributed by atoms with van der Waals surface area (Å²) < 4.78 is 62.6. The number of esters is 1. The van der Waals surface area contributed by atoms with Crippen LogP contribution in [0.3, 0.4) is 0 Å². The van der Waals surface area contributed by atoms with Crippen LogP contribution in [0.15, 0.2) is 48.8 Å². The molecule has 232 valence electrons. The molecule has 0 radical (unpaired) electrons. The molecule has 0 saturated carbocycles. The van der Waals surface area contributed by atoms with Crippen molar-refractivity contribution in [3.63, 3.8) is 0 Å². The van der Waals surface area contributed by atoms with Gasteiger partial charge >= 0.3 is 11.9 Å². The lowest BCUT2D eigenvalue weighted by Gasteiger charge is -2.18. The van der Waals surface area contributed by atoms with Crippen molar-refractivity contribution >= 4 is 5.97 Å². The van der Waals surface area contributed by atoms with Crippen LogP contribution in [0, 0.1) is 5.82 Å². The Hall–Kier alpha value is -3.46. The summed E-state index contributed by atoms with van der Waals surface area (Å²) in [6, 6.07) is 9.63. The van der Waals surface area contributed by atoms with Gasteiger partial charge in [-0.2, -0.15) is 8.78 Å². The number of alkyl halides is 2. The van der Waals surface area contributed by atoms with Crippen molar-refractivity contribution in [1.82, 2.24) is 9.97 Å². The van der Waals surface area contributed by atoms with Crippen LogP contribution in [0.1, 0.15) is 90.0 Å². The summed E-state index contributed by atoms with van der Waals surface area (Å²) in [5, 5.41) is 0. The van der Waals surface area contributed by atoms with Gasteiger partial charge in [-0.25, -0.2) is 14.4 Å². The maximum atomic E-state index is 15.5. The molecule has 3 aromatic rings. The van der Waals surface area contributed by atoms with Crippen molar-refractivity contribution in [3.8, 4) is 34.0 Å². The second-order valence-corrected chi connectivity index (χ2v) is 10.9. The molecule has 0 amide bonds. The Morgan fingerprint density at radius 3 is 2.23 bits per heavy atom. The van der Waals surface area contributed by atoms with Crippen molar-refractivity contribution in [2.75, 3.05) is 13.2 Å². The van der Waals surface area contributed by atoms with Gasteiger partial charge in [-0.3, -0.25) is 4.79 Å². The van der Waals surface area contributed by atoms with E-state index in [2.05, 4.69) is 23.8 Å². The molecule has 9 heteroatoms. The molecule has 0 saturated heterocycles. The summed E-state index contributed by atoms with van der Waals surface area (Å²) in [5.74, 6) is -4.53. The number of carbonyl (C=O) groups excluding carboxylic acids is 1. The summed E-state index contributed by atoms with van der Waals surface area (Å²) in [5.41, 5.74) is 0.548. The normalized spacial score (nSPS) is 15.2. The Bertz CT molecular complexity index is 1320. The minimum absolute atomic E-state index is 0.00276. The van der Waals surface area contributed by atoms with Crippen LogP contribution in [0.5, 0.6) is 11.5 Å². The summed E-state index contributed by atoms with van der Waals surface area (Å²) in [4.78, 5) is 20.5. The molecule has 0 aliphatic carbocycles. The molecule has 1 aliphatic heterocycles. The fraction of sp³-hybridized carbons (Fsp3) is 0.500. The number of unbranched alkanes of at least 4 members (excludes halogenated alkanes) is 6. The Kier molecular flexibility index (Phi) is 12.0. The van der Waals surface area contributed by atoms with Gasteiger partial charge in [0.15, 0.2) is 11.9 Å². The Morgan fingerprint density at radius 1 is 0.860 bits per heavy atom. The largest absolute Gasteiger partial charge is 0.483 e. The molecular formula is C34H41F3N2O4. The average molecular weight is 599 g/mol. The Morgan fingerprint density at radius 2 is 1.53 bits per heavy atom. The third-order valence-electron chi connectivity index (χ3n) is 7.55.